The van der Waals surface area contributed by atoms with Gasteiger partial charge in [-0.25, -0.2) is 4.79 Å². The zero-order valence-electron chi connectivity index (χ0n) is 13.8. The van der Waals surface area contributed by atoms with Crippen LogP contribution in [-0.2, 0) is 11.3 Å². The normalized spacial score (nSPS) is 19.7. The summed E-state index contributed by atoms with van der Waals surface area (Å²) in [5.74, 6) is 0. The topological polar surface area (TPSA) is 48.0 Å². The van der Waals surface area contributed by atoms with E-state index in [0.717, 1.165) is 31.7 Å². The molecular weight excluding hydrogens is 292 g/mol. The molecule has 0 atom stereocenters. The third-order valence-corrected chi connectivity index (χ3v) is 4.55. The molecule has 2 fully saturated rings. The SMILES string of the molecule is CN1CCN(c2ccc(CNC(=O)N3CCOCC3)cc2)CC1. The van der Waals surface area contributed by atoms with Gasteiger partial charge >= 0.3 is 6.03 Å². The fourth-order valence-corrected chi connectivity index (χ4v) is 2.95. The molecule has 6 heteroatoms. The molecule has 0 aliphatic carbocycles. The summed E-state index contributed by atoms with van der Waals surface area (Å²) >= 11 is 0. The molecule has 6 nitrogen and oxygen atoms in total. The van der Waals surface area contributed by atoms with Crippen molar-refractivity contribution in [3.63, 3.8) is 0 Å². The van der Waals surface area contributed by atoms with Crippen LogP contribution >= 0.6 is 0 Å². The Morgan fingerprint density at radius 1 is 1.04 bits per heavy atom. The molecule has 126 valence electrons. The maximum absolute atomic E-state index is 12.1. The van der Waals surface area contributed by atoms with Crippen LogP contribution in [0.2, 0.25) is 0 Å². The molecule has 1 N–H and O–H groups in total. The smallest absolute Gasteiger partial charge is 0.317 e. The Morgan fingerprint density at radius 3 is 2.35 bits per heavy atom. The van der Waals surface area contributed by atoms with E-state index in [9.17, 15) is 4.79 Å². The van der Waals surface area contributed by atoms with Crippen LogP contribution in [0.25, 0.3) is 0 Å². The van der Waals surface area contributed by atoms with E-state index in [-0.39, 0.29) is 6.03 Å². The fraction of sp³-hybridized carbons (Fsp3) is 0.588. The van der Waals surface area contributed by atoms with Gasteiger partial charge in [0.2, 0.25) is 0 Å². The molecule has 2 heterocycles. The summed E-state index contributed by atoms with van der Waals surface area (Å²) in [5.41, 5.74) is 2.39. The minimum Gasteiger partial charge on any atom is -0.378 e. The predicted molar refractivity (Wildman–Crippen MR) is 90.8 cm³/mol. The van der Waals surface area contributed by atoms with Gasteiger partial charge in [0.25, 0.3) is 0 Å². The molecule has 0 unspecified atom stereocenters. The van der Waals surface area contributed by atoms with Gasteiger partial charge < -0.3 is 24.8 Å². The Kier molecular flexibility index (Phi) is 5.35. The van der Waals surface area contributed by atoms with Crippen LogP contribution in [0.3, 0.4) is 0 Å². The van der Waals surface area contributed by atoms with E-state index in [1.54, 1.807) is 0 Å². The number of piperazine rings is 1. The molecule has 0 spiro atoms. The Labute approximate surface area is 138 Å². The number of anilines is 1. The van der Waals surface area contributed by atoms with Crippen LogP contribution < -0.4 is 10.2 Å². The van der Waals surface area contributed by atoms with Crippen molar-refractivity contribution in [3.8, 4) is 0 Å². The van der Waals surface area contributed by atoms with E-state index in [1.807, 2.05) is 4.90 Å². The summed E-state index contributed by atoms with van der Waals surface area (Å²) < 4.78 is 5.26. The van der Waals surface area contributed by atoms with Crippen LogP contribution in [0, 0.1) is 0 Å². The molecule has 2 aliphatic rings. The summed E-state index contributed by atoms with van der Waals surface area (Å²) in [6.07, 6.45) is 0. The van der Waals surface area contributed by atoms with Crippen LogP contribution in [0.15, 0.2) is 24.3 Å². The van der Waals surface area contributed by atoms with Crippen molar-refractivity contribution in [1.82, 2.24) is 15.1 Å². The van der Waals surface area contributed by atoms with E-state index in [1.165, 1.54) is 5.69 Å². The summed E-state index contributed by atoms with van der Waals surface area (Å²) in [7, 11) is 2.16. The number of rotatable bonds is 3. The number of nitrogens with one attached hydrogen (secondary N) is 1. The number of nitrogens with zero attached hydrogens (tertiary/aromatic N) is 3. The van der Waals surface area contributed by atoms with Gasteiger partial charge in [0.15, 0.2) is 0 Å². The van der Waals surface area contributed by atoms with Gasteiger partial charge in [0, 0.05) is 51.5 Å². The molecule has 0 saturated carbocycles. The highest BCUT2D eigenvalue weighted by Crippen LogP contribution is 2.17. The Hall–Kier alpha value is -1.79. The summed E-state index contributed by atoms with van der Waals surface area (Å²) in [6, 6.07) is 8.51. The van der Waals surface area contributed by atoms with E-state index in [0.29, 0.717) is 32.8 Å². The van der Waals surface area contributed by atoms with Crippen molar-refractivity contribution >= 4 is 11.7 Å². The zero-order chi connectivity index (χ0) is 16.1. The lowest BCUT2D eigenvalue weighted by atomic mass is 10.2. The lowest BCUT2D eigenvalue weighted by Crippen LogP contribution is -2.45. The second-order valence-corrected chi connectivity index (χ2v) is 6.21. The molecule has 2 saturated heterocycles. The molecule has 0 radical (unpaired) electrons. The van der Waals surface area contributed by atoms with E-state index >= 15 is 0 Å². The monoisotopic (exact) mass is 318 g/mol. The van der Waals surface area contributed by atoms with Gasteiger partial charge in [0.1, 0.15) is 0 Å². The molecule has 0 aromatic heterocycles. The van der Waals surface area contributed by atoms with Gasteiger partial charge in [-0.3, -0.25) is 0 Å². The largest absolute Gasteiger partial charge is 0.378 e. The molecule has 2 amide bonds. The number of urea groups is 1. The van der Waals surface area contributed by atoms with Crippen molar-refractivity contribution in [2.45, 2.75) is 6.54 Å². The average molecular weight is 318 g/mol. The van der Waals surface area contributed by atoms with Crippen molar-refractivity contribution in [2.24, 2.45) is 0 Å². The highest BCUT2D eigenvalue weighted by atomic mass is 16.5. The van der Waals surface area contributed by atoms with Crippen LogP contribution in [0.1, 0.15) is 5.56 Å². The highest BCUT2D eigenvalue weighted by molar-refractivity contribution is 5.74. The summed E-state index contributed by atoms with van der Waals surface area (Å²) in [4.78, 5) is 18.6. The Morgan fingerprint density at radius 2 is 1.70 bits per heavy atom. The number of carbonyl (C=O) groups is 1. The fourth-order valence-electron chi connectivity index (χ4n) is 2.95. The Bertz CT molecular complexity index is 506. The van der Waals surface area contributed by atoms with Crippen LogP contribution in [0.4, 0.5) is 10.5 Å². The maximum Gasteiger partial charge on any atom is 0.317 e. The molecule has 0 bridgehead atoms. The number of morpholine rings is 1. The first-order valence-electron chi connectivity index (χ1n) is 8.35. The summed E-state index contributed by atoms with van der Waals surface area (Å²) in [5, 5.41) is 2.98. The van der Waals surface area contributed by atoms with E-state index in [4.69, 9.17) is 4.74 Å². The zero-order valence-corrected chi connectivity index (χ0v) is 13.8. The first-order chi connectivity index (χ1) is 11.2. The van der Waals surface area contributed by atoms with Gasteiger partial charge in [-0.15, -0.1) is 0 Å². The lowest BCUT2D eigenvalue weighted by Gasteiger charge is -2.34. The van der Waals surface area contributed by atoms with Gasteiger partial charge in [-0.2, -0.15) is 0 Å². The molecular formula is C17H26N4O2. The highest BCUT2D eigenvalue weighted by Gasteiger charge is 2.16. The van der Waals surface area contributed by atoms with E-state index in [2.05, 4.69) is 46.4 Å². The van der Waals surface area contributed by atoms with E-state index < -0.39 is 0 Å². The minimum atomic E-state index is -0.00329. The third-order valence-electron chi connectivity index (χ3n) is 4.55. The second kappa shape index (κ2) is 7.66. The van der Waals surface area contributed by atoms with Gasteiger partial charge in [-0.1, -0.05) is 12.1 Å². The van der Waals surface area contributed by atoms with Crippen molar-refractivity contribution in [3.05, 3.63) is 29.8 Å². The van der Waals surface area contributed by atoms with Crippen molar-refractivity contribution in [2.75, 3.05) is 64.4 Å². The number of carbonyl (C=O) groups excluding carboxylic acids is 1. The molecule has 1 aromatic rings. The minimum absolute atomic E-state index is 0.00329. The Balaban J connectivity index is 1.48. The maximum atomic E-state index is 12.1. The number of ether oxygens (including phenoxy) is 1. The van der Waals surface area contributed by atoms with Gasteiger partial charge in [-0.05, 0) is 24.7 Å². The van der Waals surface area contributed by atoms with Crippen molar-refractivity contribution < 1.29 is 9.53 Å². The van der Waals surface area contributed by atoms with Crippen LogP contribution in [-0.4, -0.2) is 75.4 Å². The van der Waals surface area contributed by atoms with Crippen LogP contribution in [0.5, 0.6) is 0 Å². The number of amides is 2. The number of benzene rings is 1. The lowest BCUT2D eigenvalue weighted by molar-refractivity contribution is 0.0531. The average Bonchev–Trinajstić information content (AvgIpc) is 2.61. The first kappa shape index (κ1) is 16.1. The third kappa shape index (κ3) is 4.36. The summed E-state index contributed by atoms with van der Waals surface area (Å²) in [6.45, 7) is 7.55. The van der Waals surface area contributed by atoms with Gasteiger partial charge in [0.05, 0.1) is 13.2 Å². The first-order valence-corrected chi connectivity index (χ1v) is 8.35. The number of likely N-dealkylation sites (N-methyl/N-ethyl adjacent to an activating group) is 1. The predicted octanol–water partition coefficient (Wildman–Crippen LogP) is 0.980. The quantitative estimate of drug-likeness (QED) is 0.903. The van der Waals surface area contributed by atoms with Crippen molar-refractivity contribution in [1.29, 1.82) is 0 Å². The number of hydrogen-bond donors (Lipinski definition) is 1. The molecule has 2 aliphatic heterocycles. The number of hydrogen-bond acceptors (Lipinski definition) is 4. The molecule has 23 heavy (non-hydrogen) atoms. The standard InChI is InChI=1S/C17H26N4O2/c1-19-6-8-20(9-7-19)16-4-2-15(3-5-16)14-18-17(22)21-10-12-23-13-11-21/h2-5H,6-14H2,1H3,(H,18,22). The second-order valence-electron chi connectivity index (χ2n) is 6.21. The molecule has 1 aromatic carbocycles. The molecule has 3 rings (SSSR count).